The van der Waals surface area contributed by atoms with Gasteiger partial charge in [-0.05, 0) is 36.3 Å². The first-order chi connectivity index (χ1) is 9.50. The van der Waals surface area contributed by atoms with Crippen LogP contribution in [-0.2, 0) is 10.0 Å². The van der Waals surface area contributed by atoms with Crippen LogP contribution < -0.4 is 0 Å². The maximum Gasteiger partial charge on any atom is 0.243 e. The molecule has 0 N–H and O–H groups in total. The summed E-state index contributed by atoms with van der Waals surface area (Å²) in [5.41, 5.74) is 0.0313. The van der Waals surface area contributed by atoms with Crippen LogP contribution >= 0.6 is 0 Å². The summed E-state index contributed by atoms with van der Waals surface area (Å²) < 4.78 is 27.0. The second-order valence-corrected chi connectivity index (χ2v) is 7.46. The normalized spacial score (nSPS) is 22.8. The smallest absolute Gasteiger partial charge is 0.207 e. The zero-order valence-corrected chi connectivity index (χ0v) is 13.1. The molecule has 1 aromatic carbocycles. The Morgan fingerprint density at radius 1 is 1.30 bits per heavy atom. The number of hydrogen-bond donors (Lipinski definition) is 0. The van der Waals surface area contributed by atoms with Crippen molar-refractivity contribution < 1.29 is 8.42 Å². The quantitative estimate of drug-likeness (QED) is 0.781. The fraction of sp³-hybridized carbons (Fsp3) is 0.500. The van der Waals surface area contributed by atoms with Crippen LogP contribution in [0, 0.1) is 11.3 Å². The average Bonchev–Trinajstić information content (AvgIpc) is 2.88. The van der Waals surface area contributed by atoms with Gasteiger partial charge in [0.1, 0.15) is 0 Å². The zero-order chi connectivity index (χ0) is 14.8. The summed E-state index contributed by atoms with van der Waals surface area (Å²) in [6.45, 7) is 9.31. The summed E-state index contributed by atoms with van der Waals surface area (Å²) in [5.74, 6) is 0.232. The van der Waals surface area contributed by atoms with Gasteiger partial charge in [0, 0.05) is 13.1 Å². The van der Waals surface area contributed by atoms with Crippen LogP contribution in [0.15, 0.2) is 47.9 Å². The molecule has 1 aliphatic rings. The largest absolute Gasteiger partial charge is 0.243 e. The van der Waals surface area contributed by atoms with Gasteiger partial charge in [-0.1, -0.05) is 38.1 Å². The van der Waals surface area contributed by atoms with Crippen molar-refractivity contribution in [2.75, 3.05) is 13.1 Å². The number of benzene rings is 1. The van der Waals surface area contributed by atoms with Crippen LogP contribution in [0.25, 0.3) is 0 Å². The molecule has 1 heterocycles. The molecule has 1 aliphatic heterocycles. The summed E-state index contributed by atoms with van der Waals surface area (Å²) in [6, 6.07) is 8.69. The molecule has 1 saturated heterocycles. The summed E-state index contributed by atoms with van der Waals surface area (Å²) in [4.78, 5) is 0.380. The molecule has 1 fully saturated rings. The van der Waals surface area contributed by atoms with Crippen molar-refractivity contribution in [1.29, 1.82) is 0 Å². The van der Waals surface area contributed by atoms with Gasteiger partial charge >= 0.3 is 0 Å². The van der Waals surface area contributed by atoms with Crippen LogP contribution in [0.5, 0.6) is 0 Å². The first-order valence-corrected chi connectivity index (χ1v) is 8.62. The number of hydrogen-bond acceptors (Lipinski definition) is 2. The fourth-order valence-electron chi connectivity index (χ4n) is 3.19. The van der Waals surface area contributed by atoms with E-state index in [9.17, 15) is 8.42 Å². The van der Waals surface area contributed by atoms with E-state index in [2.05, 4.69) is 20.4 Å². The van der Waals surface area contributed by atoms with Gasteiger partial charge in [0.2, 0.25) is 10.0 Å². The molecule has 110 valence electrons. The highest BCUT2D eigenvalue weighted by Gasteiger charge is 2.46. The SMILES string of the molecule is C=CC1CN(S(=O)(=O)c2ccccc2)CC1(CC)CC. The Hall–Kier alpha value is -1.13. The minimum Gasteiger partial charge on any atom is -0.207 e. The lowest BCUT2D eigenvalue weighted by Crippen LogP contribution is -2.32. The molecule has 20 heavy (non-hydrogen) atoms. The Morgan fingerprint density at radius 2 is 1.90 bits per heavy atom. The molecule has 2 rings (SSSR count). The van der Waals surface area contributed by atoms with Crippen molar-refractivity contribution in [2.45, 2.75) is 31.6 Å². The van der Waals surface area contributed by atoms with Crippen LogP contribution in [0.1, 0.15) is 26.7 Å². The van der Waals surface area contributed by atoms with Crippen molar-refractivity contribution in [3.8, 4) is 0 Å². The molecule has 0 amide bonds. The van der Waals surface area contributed by atoms with Crippen LogP contribution in [0.2, 0.25) is 0 Å². The number of rotatable bonds is 5. The Morgan fingerprint density at radius 3 is 2.35 bits per heavy atom. The van der Waals surface area contributed by atoms with Gasteiger partial charge < -0.3 is 0 Å². The van der Waals surface area contributed by atoms with Gasteiger partial charge in [-0.15, -0.1) is 6.58 Å². The first-order valence-electron chi connectivity index (χ1n) is 7.18. The van der Waals surface area contributed by atoms with Gasteiger partial charge in [0.15, 0.2) is 0 Å². The third kappa shape index (κ3) is 2.42. The Labute approximate surface area is 122 Å². The Bertz CT molecular complexity index is 561. The second kappa shape index (κ2) is 5.70. The monoisotopic (exact) mass is 293 g/mol. The van der Waals surface area contributed by atoms with Crippen molar-refractivity contribution in [3.05, 3.63) is 43.0 Å². The molecule has 1 atom stereocenters. The van der Waals surface area contributed by atoms with Crippen LogP contribution in [-0.4, -0.2) is 25.8 Å². The van der Waals surface area contributed by atoms with E-state index in [4.69, 9.17) is 0 Å². The van der Waals surface area contributed by atoms with E-state index in [0.717, 1.165) is 12.8 Å². The highest BCUT2D eigenvalue weighted by molar-refractivity contribution is 7.89. The molecule has 3 nitrogen and oxygen atoms in total. The Kier molecular flexibility index (Phi) is 4.35. The standard InChI is InChI=1S/C16H23NO2S/c1-4-14-12-17(13-16(14,5-2)6-3)20(18,19)15-10-8-7-9-11-15/h4,7-11,14H,1,5-6,12-13H2,2-3H3. The summed E-state index contributed by atoms with van der Waals surface area (Å²) >= 11 is 0. The molecule has 0 aliphatic carbocycles. The maximum atomic E-state index is 12.7. The first kappa shape index (κ1) is 15.3. The van der Waals surface area contributed by atoms with Crippen LogP contribution in [0.3, 0.4) is 0 Å². The maximum absolute atomic E-state index is 12.7. The molecule has 0 saturated carbocycles. The summed E-state index contributed by atoms with van der Waals surface area (Å²) in [7, 11) is -3.39. The number of sulfonamides is 1. The molecule has 4 heteroatoms. The lowest BCUT2D eigenvalue weighted by atomic mass is 9.74. The van der Waals surface area contributed by atoms with Crippen molar-refractivity contribution in [3.63, 3.8) is 0 Å². The fourth-order valence-corrected chi connectivity index (χ4v) is 4.78. The van der Waals surface area contributed by atoms with E-state index in [1.54, 1.807) is 28.6 Å². The molecule has 1 aromatic rings. The molecule has 0 bridgehead atoms. The van der Waals surface area contributed by atoms with Gasteiger partial charge in [-0.3, -0.25) is 0 Å². The molecular weight excluding hydrogens is 270 g/mol. The topological polar surface area (TPSA) is 37.4 Å². The lowest BCUT2D eigenvalue weighted by Gasteiger charge is -2.30. The van der Waals surface area contributed by atoms with Crippen molar-refractivity contribution >= 4 is 10.0 Å². The zero-order valence-electron chi connectivity index (χ0n) is 12.2. The highest BCUT2D eigenvalue weighted by atomic mass is 32.2. The summed E-state index contributed by atoms with van der Waals surface area (Å²) in [6.07, 6.45) is 3.87. The number of nitrogens with zero attached hydrogens (tertiary/aromatic N) is 1. The van der Waals surface area contributed by atoms with E-state index >= 15 is 0 Å². The third-order valence-corrected chi connectivity index (χ3v) is 6.58. The van der Waals surface area contributed by atoms with Gasteiger partial charge in [0.25, 0.3) is 0 Å². The van der Waals surface area contributed by atoms with Crippen molar-refractivity contribution in [1.82, 2.24) is 4.31 Å². The third-order valence-electron chi connectivity index (χ3n) is 4.75. The van der Waals surface area contributed by atoms with E-state index in [1.807, 2.05) is 12.1 Å². The Balaban J connectivity index is 2.34. The highest BCUT2D eigenvalue weighted by Crippen LogP contribution is 2.44. The van der Waals surface area contributed by atoms with Crippen LogP contribution in [0.4, 0.5) is 0 Å². The van der Waals surface area contributed by atoms with Gasteiger partial charge in [-0.25, -0.2) is 8.42 Å². The molecule has 1 unspecified atom stereocenters. The van der Waals surface area contributed by atoms with Gasteiger partial charge in [-0.2, -0.15) is 4.31 Å². The predicted octanol–water partition coefficient (Wildman–Crippen LogP) is 3.30. The average molecular weight is 293 g/mol. The summed E-state index contributed by atoms with van der Waals surface area (Å²) in [5, 5.41) is 0. The minimum atomic E-state index is -3.39. The molecule has 0 radical (unpaired) electrons. The minimum absolute atomic E-state index is 0.0313. The lowest BCUT2D eigenvalue weighted by molar-refractivity contribution is 0.235. The second-order valence-electron chi connectivity index (χ2n) is 5.52. The van der Waals surface area contributed by atoms with Crippen molar-refractivity contribution in [2.24, 2.45) is 11.3 Å². The van der Waals surface area contributed by atoms with E-state index in [1.165, 1.54) is 0 Å². The van der Waals surface area contributed by atoms with E-state index in [0.29, 0.717) is 18.0 Å². The van der Waals surface area contributed by atoms with E-state index < -0.39 is 10.0 Å². The molecule has 0 spiro atoms. The van der Waals surface area contributed by atoms with E-state index in [-0.39, 0.29) is 11.3 Å². The molecule has 0 aromatic heterocycles. The predicted molar refractivity (Wildman–Crippen MR) is 81.9 cm³/mol. The van der Waals surface area contributed by atoms with Gasteiger partial charge in [0.05, 0.1) is 4.90 Å². The molecular formula is C16H23NO2S.